The standard InChI is InChI=1S/C15H24N2O3S/c1-5-8-20-15-7-6-14(9-13(15)10-16)21(18,19)17(4)11-12(2)3/h6-7,9H,2,5,8,10-11,16H2,1,3-4H3. The summed E-state index contributed by atoms with van der Waals surface area (Å²) in [5.41, 5.74) is 7.16. The molecule has 1 aromatic carbocycles. The maximum absolute atomic E-state index is 12.5. The highest BCUT2D eigenvalue weighted by Gasteiger charge is 2.21. The van der Waals surface area contributed by atoms with Crippen LogP contribution in [0.4, 0.5) is 0 Å². The number of nitrogens with zero attached hydrogens (tertiary/aromatic N) is 1. The Balaban J connectivity index is 3.10. The van der Waals surface area contributed by atoms with Gasteiger partial charge < -0.3 is 10.5 Å². The van der Waals surface area contributed by atoms with Gasteiger partial charge in [0, 0.05) is 25.7 Å². The van der Waals surface area contributed by atoms with Gasteiger partial charge in [0.2, 0.25) is 10.0 Å². The smallest absolute Gasteiger partial charge is 0.243 e. The first-order chi connectivity index (χ1) is 9.82. The quantitative estimate of drug-likeness (QED) is 0.746. The second kappa shape index (κ2) is 7.59. The van der Waals surface area contributed by atoms with Crippen LogP contribution in [-0.4, -0.2) is 32.9 Å². The number of sulfonamides is 1. The van der Waals surface area contributed by atoms with Gasteiger partial charge in [-0.1, -0.05) is 19.1 Å². The molecule has 6 heteroatoms. The van der Waals surface area contributed by atoms with Crippen LogP contribution < -0.4 is 10.5 Å². The minimum Gasteiger partial charge on any atom is -0.493 e. The fourth-order valence-electron chi connectivity index (χ4n) is 1.87. The van der Waals surface area contributed by atoms with E-state index in [0.29, 0.717) is 17.9 Å². The molecule has 0 fully saturated rings. The van der Waals surface area contributed by atoms with Gasteiger partial charge in [-0.3, -0.25) is 0 Å². The minimum atomic E-state index is -3.54. The molecule has 0 unspecified atom stereocenters. The van der Waals surface area contributed by atoms with Gasteiger partial charge in [0.15, 0.2) is 0 Å². The van der Waals surface area contributed by atoms with Gasteiger partial charge >= 0.3 is 0 Å². The molecule has 0 bridgehead atoms. The van der Waals surface area contributed by atoms with Gasteiger partial charge in [-0.25, -0.2) is 8.42 Å². The molecule has 0 aliphatic carbocycles. The van der Waals surface area contributed by atoms with Crippen LogP contribution in [0.5, 0.6) is 5.75 Å². The molecule has 5 nitrogen and oxygen atoms in total. The number of hydrogen-bond acceptors (Lipinski definition) is 4. The molecule has 0 aliphatic rings. The van der Waals surface area contributed by atoms with E-state index in [1.807, 2.05) is 6.92 Å². The lowest BCUT2D eigenvalue weighted by atomic mass is 10.2. The summed E-state index contributed by atoms with van der Waals surface area (Å²) in [7, 11) is -2.01. The normalized spacial score (nSPS) is 11.7. The molecule has 0 aliphatic heterocycles. The third kappa shape index (κ3) is 4.56. The second-order valence-corrected chi connectivity index (χ2v) is 7.09. The molecule has 0 spiro atoms. The molecular formula is C15H24N2O3S. The molecule has 0 atom stereocenters. The maximum Gasteiger partial charge on any atom is 0.243 e. The largest absolute Gasteiger partial charge is 0.493 e. The van der Waals surface area contributed by atoms with Crippen LogP contribution >= 0.6 is 0 Å². The van der Waals surface area contributed by atoms with E-state index in [0.717, 1.165) is 12.0 Å². The van der Waals surface area contributed by atoms with Crippen molar-refractivity contribution in [3.8, 4) is 5.75 Å². The Morgan fingerprint density at radius 2 is 2.10 bits per heavy atom. The number of likely N-dealkylation sites (N-methyl/N-ethyl adjacent to an activating group) is 1. The first-order valence-corrected chi connectivity index (χ1v) is 8.33. The molecule has 0 aromatic heterocycles. The topological polar surface area (TPSA) is 72.6 Å². The molecule has 21 heavy (non-hydrogen) atoms. The van der Waals surface area contributed by atoms with E-state index in [9.17, 15) is 8.42 Å². The van der Waals surface area contributed by atoms with Crippen LogP contribution in [0.2, 0.25) is 0 Å². The zero-order valence-corrected chi connectivity index (χ0v) is 13.7. The molecule has 0 radical (unpaired) electrons. The lowest BCUT2D eigenvalue weighted by Gasteiger charge is -2.18. The first kappa shape index (κ1) is 17.7. The van der Waals surface area contributed by atoms with Crippen molar-refractivity contribution < 1.29 is 13.2 Å². The van der Waals surface area contributed by atoms with Crippen molar-refractivity contribution >= 4 is 10.0 Å². The molecular weight excluding hydrogens is 288 g/mol. The lowest BCUT2D eigenvalue weighted by molar-refractivity contribution is 0.314. The number of nitrogens with two attached hydrogens (primary N) is 1. The van der Waals surface area contributed by atoms with Crippen molar-refractivity contribution in [3.63, 3.8) is 0 Å². The molecule has 0 saturated heterocycles. The van der Waals surface area contributed by atoms with E-state index in [1.54, 1.807) is 25.1 Å². The van der Waals surface area contributed by atoms with Gasteiger partial charge in [0.1, 0.15) is 5.75 Å². The predicted molar refractivity (Wildman–Crippen MR) is 84.7 cm³/mol. The van der Waals surface area contributed by atoms with Crippen LogP contribution in [0.15, 0.2) is 35.2 Å². The van der Waals surface area contributed by atoms with E-state index < -0.39 is 10.0 Å². The predicted octanol–water partition coefficient (Wildman–Crippen LogP) is 2.13. The summed E-state index contributed by atoms with van der Waals surface area (Å²) in [5.74, 6) is 0.640. The van der Waals surface area contributed by atoms with Gasteiger partial charge in [-0.2, -0.15) is 4.31 Å². The zero-order valence-electron chi connectivity index (χ0n) is 12.9. The maximum atomic E-state index is 12.5. The summed E-state index contributed by atoms with van der Waals surface area (Å²) >= 11 is 0. The third-order valence-corrected chi connectivity index (χ3v) is 4.71. The lowest BCUT2D eigenvalue weighted by Crippen LogP contribution is -2.28. The molecule has 1 aromatic rings. The Kier molecular flexibility index (Phi) is 6.39. The highest BCUT2D eigenvalue weighted by molar-refractivity contribution is 7.89. The Morgan fingerprint density at radius 1 is 1.43 bits per heavy atom. The van der Waals surface area contributed by atoms with Crippen LogP contribution in [0.3, 0.4) is 0 Å². The molecule has 0 saturated carbocycles. The summed E-state index contributed by atoms with van der Waals surface area (Å²) in [6, 6.07) is 4.79. The van der Waals surface area contributed by atoms with Crippen LogP contribution in [0.25, 0.3) is 0 Å². The zero-order chi connectivity index (χ0) is 16.0. The van der Waals surface area contributed by atoms with Crippen LogP contribution in [0.1, 0.15) is 25.8 Å². The van der Waals surface area contributed by atoms with Crippen molar-refractivity contribution in [1.82, 2.24) is 4.31 Å². The first-order valence-electron chi connectivity index (χ1n) is 6.89. The summed E-state index contributed by atoms with van der Waals surface area (Å²) in [6.07, 6.45) is 0.880. The Bertz CT molecular complexity index is 597. The fraction of sp³-hybridized carbons (Fsp3) is 0.467. The number of rotatable bonds is 8. The van der Waals surface area contributed by atoms with E-state index in [-0.39, 0.29) is 18.0 Å². The third-order valence-electron chi connectivity index (χ3n) is 2.91. The average Bonchev–Trinajstić information content (AvgIpc) is 2.43. The summed E-state index contributed by atoms with van der Waals surface area (Å²) in [4.78, 5) is 0.218. The van der Waals surface area contributed by atoms with Crippen LogP contribution in [-0.2, 0) is 16.6 Å². The van der Waals surface area contributed by atoms with E-state index in [4.69, 9.17) is 10.5 Å². The Morgan fingerprint density at radius 3 is 2.62 bits per heavy atom. The summed E-state index contributed by atoms with van der Waals surface area (Å²) in [5, 5.41) is 0. The summed E-state index contributed by atoms with van der Waals surface area (Å²) < 4.78 is 31.8. The summed E-state index contributed by atoms with van der Waals surface area (Å²) in [6.45, 7) is 8.63. The fourth-order valence-corrected chi connectivity index (χ4v) is 3.16. The highest BCUT2D eigenvalue weighted by atomic mass is 32.2. The SMILES string of the molecule is C=C(C)CN(C)S(=O)(=O)c1ccc(OCCC)c(CN)c1. The average molecular weight is 312 g/mol. The molecule has 1 rings (SSSR count). The second-order valence-electron chi connectivity index (χ2n) is 5.04. The molecule has 0 heterocycles. The van der Waals surface area contributed by atoms with Crippen molar-refractivity contribution in [2.75, 3.05) is 20.2 Å². The number of ether oxygens (including phenoxy) is 1. The van der Waals surface area contributed by atoms with Gasteiger partial charge in [0.25, 0.3) is 0 Å². The van der Waals surface area contributed by atoms with E-state index in [1.165, 1.54) is 11.4 Å². The Hall–Kier alpha value is -1.37. The molecule has 0 amide bonds. The van der Waals surface area contributed by atoms with Gasteiger partial charge in [-0.05, 0) is 31.5 Å². The number of hydrogen-bond donors (Lipinski definition) is 1. The minimum absolute atomic E-state index is 0.218. The van der Waals surface area contributed by atoms with E-state index >= 15 is 0 Å². The van der Waals surface area contributed by atoms with Crippen molar-refractivity contribution in [1.29, 1.82) is 0 Å². The van der Waals surface area contributed by atoms with Crippen molar-refractivity contribution in [3.05, 3.63) is 35.9 Å². The van der Waals surface area contributed by atoms with E-state index in [2.05, 4.69) is 6.58 Å². The highest BCUT2D eigenvalue weighted by Crippen LogP contribution is 2.24. The Labute approximate surface area is 127 Å². The van der Waals surface area contributed by atoms with Gasteiger partial charge in [-0.15, -0.1) is 0 Å². The van der Waals surface area contributed by atoms with Crippen molar-refractivity contribution in [2.45, 2.75) is 31.7 Å². The van der Waals surface area contributed by atoms with Gasteiger partial charge in [0.05, 0.1) is 11.5 Å². The molecule has 118 valence electrons. The number of benzene rings is 1. The van der Waals surface area contributed by atoms with Crippen molar-refractivity contribution in [2.24, 2.45) is 5.73 Å². The monoisotopic (exact) mass is 312 g/mol. The van der Waals surface area contributed by atoms with Crippen LogP contribution in [0, 0.1) is 0 Å². The molecule has 2 N–H and O–H groups in total.